The van der Waals surface area contributed by atoms with Gasteiger partial charge in [0.1, 0.15) is 5.60 Å². The minimum atomic E-state index is -1.82. The second-order valence-electron chi connectivity index (χ2n) is 6.21. The van der Waals surface area contributed by atoms with Crippen LogP contribution in [0.15, 0.2) is 11.7 Å². The third-order valence-electron chi connectivity index (χ3n) is 3.26. The number of halogens is 2. The molecule has 0 spiro atoms. The van der Waals surface area contributed by atoms with Crippen molar-refractivity contribution in [2.75, 3.05) is 6.61 Å². The second-order valence-corrected chi connectivity index (χ2v) is 6.21. The molecule has 1 fully saturated rings. The molecule has 0 aromatic carbocycles. The zero-order valence-corrected chi connectivity index (χ0v) is 13.4. The van der Waals surface area contributed by atoms with Crippen LogP contribution in [0.25, 0.3) is 0 Å². The molecule has 0 aromatic heterocycles. The summed E-state index contributed by atoms with van der Waals surface area (Å²) in [5, 5.41) is 2.43. The summed E-state index contributed by atoms with van der Waals surface area (Å²) in [6.07, 6.45) is -2.17. The molecule has 126 valence electrons. The predicted octanol–water partition coefficient (Wildman–Crippen LogP) is 3.39. The van der Waals surface area contributed by atoms with E-state index in [1.165, 1.54) is 0 Å². The van der Waals surface area contributed by atoms with Gasteiger partial charge in [-0.2, -0.15) is 8.78 Å². The number of carbonyl (C=O) groups excluding carboxylic acids is 2. The van der Waals surface area contributed by atoms with Crippen molar-refractivity contribution in [3.63, 3.8) is 0 Å². The highest BCUT2D eigenvalue weighted by molar-refractivity contribution is 5.73. The summed E-state index contributed by atoms with van der Waals surface area (Å²) in [6, 6.07) is -0.914. The average molecular weight is 319 g/mol. The van der Waals surface area contributed by atoms with Crippen LogP contribution in [0.2, 0.25) is 0 Å². The van der Waals surface area contributed by atoms with E-state index in [-0.39, 0.29) is 31.4 Å². The number of amides is 1. The first-order valence-electron chi connectivity index (χ1n) is 7.34. The van der Waals surface area contributed by atoms with E-state index in [2.05, 4.69) is 5.32 Å². The summed E-state index contributed by atoms with van der Waals surface area (Å²) >= 11 is 0. The highest BCUT2D eigenvalue weighted by Crippen LogP contribution is 2.32. The summed E-state index contributed by atoms with van der Waals surface area (Å²) in [4.78, 5) is 23.5. The highest BCUT2D eigenvalue weighted by atomic mass is 19.3. The van der Waals surface area contributed by atoms with Crippen molar-refractivity contribution >= 4 is 12.1 Å². The van der Waals surface area contributed by atoms with Gasteiger partial charge in [0.05, 0.1) is 18.6 Å². The maximum atomic E-state index is 13.0. The van der Waals surface area contributed by atoms with Crippen LogP contribution >= 0.6 is 0 Å². The molecule has 0 radical (unpaired) electrons. The third-order valence-corrected chi connectivity index (χ3v) is 3.26. The van der Waals surface area contributed by atoms with Crippen molar-refractivity contribution in [3.8, 4) is 0 Å². The summed E-state index contributed by atoms with van der Waals surface area (Å²) in [5.74, 6) is -0.917. The molecule has 1 rings (SSSR count). The monoisotopic (exact) mass is 319 g/mol. The van der Waals surface area contributed by atoms with Gasteiger partial charge in [0.2, 0.25) is 0 Å². The fourth-order valence-corrected chi connectivity index (χ4v) is 2.34. The zero-order valence-electron chi connectivity index (χ0n) is 13.4. The lowest BCUT2D eigenvalue weighted by molar-refractivity contribution is -0.149. The maximum absolute atomic E-state index is 13.0. The van der Waals surface area contributed by atoms with Crippen molar-refractivity contribution < 1.29 is 27.8 Å². The second kappa shape index (κ2) is 7.56. The Morgan fingerprint density at radius 3 is 2.45 bits per heavy atom. The van der Waals surface area contributed by atoms with Crippen molar-refractivity contribution in [3.05, 3.63) is 11.7 Å². The molecule has 1 amide bonds. The number of hydrogen-bond acceptors (Lipinski definition) is 4. The van der Waals surface area contributed by atoms with Crippen LogP contribution in [-0.2, 0) is 14.3 Å². The number of ether oxygens (including phenoxy) is 2. The molecular formula is C15H23F2NO4. The van der Waals surface area contributed by atoms with Crippen molar-refractivity contribution in [2.24, 2.45) is 5.92 Å². The lowest BCUT2D eigenvalue weighted by atomic mass is 9.82. The van der Waals surface area contributed by atoms with Gasteiger partial charge in [-0.05, 0) is 47.0 Å². The SMILES string of the molecule is CCOC(=O)[C@@H]1CCC(=C(F)F)[C@@H](NC(=O)OC(C)(C)C)C1. The number of hydrogen-bond donors (Lipinski definition) is 1. The molecule has 5 nitrogen and oxygen atoms in total. The molecular weight excluding hydrogens is 296 g/mol. The van der Waals surface area contributed by atoms with Gasteiger partial charge in [-0.3, -0.25) is 4.79 Å². The van der Waals surface area contributed by atoms with Crippen LogP contribution in [0.5, 0.6) is 0 Å². The van der Waals surface area contributed by atoms with Crippen LogP contribution in [0.1, 0.15) is 47.0 Å². The molecule has 1 aliphatic carbocycles. The molecule has 2 atom stereocenters. The summed E-state index contributed by atoms with van der Waals surface area (Å²) in [7, 11) is 0. The van der Waals surface area contributed by atoms with E-state index in [4.69, 9.17) is 9.47 Å². The molecule has 1 saturated carbocycles. The van der Waals surface area contributed by atoms with Gasteiger partial charge in [-0.15, -0.1) is 0 Å². The molecule has 1 N–H and O–H groups in total. The largest absolute Gasteiger partial charge is 0.466 e. The molecule has 0 unspecified atom stereocenters. The van der Waals surface area contributed by atoms with Crippen molar-refractivity contribution in [1.29, 1.82) is 0 Å². The van der Waals surface area contributed by atoms with Crippen LogP contribution in [0.3, 0.4) is 0 Å². The van der Waals surface area contributed by atoms with Crippen LogP contribution in [-0.4, -0.2) is 30.3 Å². The van der Waals surface area contributed by atoms with Gasteiger partial charge in [0.25, 0.3) is 6.08 Å². The summed E-state index contributed by atoms with van der Waals surface area (Å²) < 4.78 is 36.0. The minimum Gasteiger partial charge on any atom is -0.466 e. The minimum absolute atomic E-state index is 0.0479. The Balaban J connectivity index is 2.78. The Labute approximate surface area is 129 Å². The van der Waals surface area contributed by atoms with Crippen LogP contribution < -0.4 is 5.32 Å². The van der Waals surface area contributed by atoms with E-state index in [9.17, 15) is 18.4 Å². The molecule has 0 aliphatic heterocycles. The Morgan fingerprint density at radius 1 is 1.32 bits per heavy atom. The van der Waals surface area contributed by atoms with Gasteiger partial charge in [-0.25, -0.2) is 4.79 Å². The van der Waals surface area contributed by atoms with E-state index >= 15 is 0 Å². The lowest BCUT2D eigenvalue weighted by Gasteiger charge is -2.31. The molecule has 7 heteroatoms. The molecule has 22 heavy (non-hydrogen) atoms. The number of esters is 1. The average Bonchev–Trinajstić information content (AvgIpc) is 2.36. The first kappa shape index (κ1) is 18.4. The first-order chi connectivity index (χ1) is 10.1. The standard InChI is InChI=1S/C15H23F2NO4/c1-5-21-13(19)9-6-7-10(12(16)17)11(8-9)18-14(20)22-15(2,3)4/h9,11H,5-8H2,1-4H3,(H,18,20)/t9-,11+/m1/s1. The first-order valence-corrected chi connectivity index (χ1v) is 7.34. The van der Waals surface area contributed by atoms with Gasteiger partial charge < -0.3 is 14.8 Å². The third kappa shape index (κ3) is 5.61. The van der Waals surface area contributed by atoms with E-state index in [1.54, 1.807) is 27.7 Å². The summed E-state index contributed by atoms with van der Waals surface area (Å²) in [5.41, 5.74) is -0.872. The fourth-order valence-electron chi connectivity index (χ4n) is 2.34. The Morgan fingerprint density at radius 2 is 1.95 bits per heavy atom. The van der Waals surface area contributed by atoms with Crippen LogP contribution in [0, 0.1) is 5.92 Å². The van der Waals surface area contributed by atoms with Crippen molar-refractivity contribution in [2.45, 2.75) is 58.6 Å². The molecule has 0 aromatic rings. The smallest absolute Gasteiger partial charge is 0.408 e. The lowest BCUT2D eigenvalue weighted by Crippen LogP contribution is -2.44. The number of rotatable bonds is 3. The Hall–Kier alpha value is -1.66. The quantitative estimate of drug-likeness (QED) is 0.810. The van der Waals surface area contributed by atoms with E-state index in [0.29, 0.717) is 0 Å². The van der Waals surface area contributed by atoms with E-state index < -0.39 is 35.7 Å². The van der Waals surface area contributed by atoms with E-state index in [1.807, 2.05) is 0 Å². The van der Waals surface area contributed by atoms with E-state index in [0.717, 1.165) is 0 Å². The normalized spacial score (nSPS) is 22.0. The number of carbonyl (C=O) groups is 2. The van der Waals surface area contributed by atoms with Gasteiger partial charge in [0.15, 0.2) is 0 Å². The van der Waals surface area contributed by atoms with Crippen molar-refractivity contribution in [1.82, 2.24) is 5.32 Å². The Bertz CT molecular complexity index is 453. The highest BCUT2D eigenvalue weighted by Gasteiger charge is 2.35. The number of alkyl carbamates (subject to hydrolysis) is 1. The molecule has 1 aliphatic rings. The zero-order chi connectivity index (χ0) is 16.9. The molecule has 0 bridgehead atoms. The topological polar surface area (TPSA) is 64.6 Å². The van der Waals surface area contributed by atoms with Gasteiger partial charge in [-0.1, -0.05) is 0 Å². The maximum Gasteiger partial charge on any atom is 0.408 e. The summed E-state index contributed by atoms with van der Waals surface area (Å²) in [6.45, 7) is 6.97. The fraction of sp³-hybridized carbons (Fsp3) is 0.733. The molecule has 0 heterocycles. The van der Waals surface area contributed by atoms with Crippen LogP contribution in [0.4, 0.5) is 13.6 Å². The number of nitrogens with one attached hydrogen (secondary N) is 1. The predicted molar refractivity (Wildman–Crippen MR) is 76.4 cm³/mol. The van der Waals surface area contributed by atoms with Gasteiger partial charge >= 0.3 is 12.1 Å². The molecule has 0 saturated heterocycles. The Kier molecular flexibility index (Phi) is 6.32. The van der Waals surface area contributed by atoms with Gasteiger partial charge in [0, 0.05) is 5.57 Å².